The average molecular weight is 325 g/mol. The van der Waals surface area contributed by atoms with E-state index in [1.54, 1.807) is 24.3 Å². The Balaban J connectivity index is 2.27. The zero-order valence-corrected chi connectivity index (χ0v) is 13.3. The van der Waals surface area contributed by atoms with Crippen LogP contribution in [0.25, 0.3) is 11.3 Å². The maximum Gasteiger partial charge on any atom is 0.175 e. The number of benzene rings is 1. The molecule has 112 valence electrons. The molecule has 1 heterocycles. The lowest BCUT2D eigenvalue weighted by Crippen LogP contribution is -2.01. The van der Waals surface area contributed by atoms with Gasteiger partial charge in [0.1, 0.15) is 0 Å². The van der Waals surface area contributed by atoms with Gasteiger partial charge in [0.2, 0.25) is 0 Å². The highest BCUT2D eigenvalue weighted by molar-refractivity contribution is 7.90. The van der Waals surface area contributed by atoms with Gasteiger partial charge in [0, 0.05) is 24.3 Å². The van der Waals surface area contributed by atoms with Crippen molar-refractivity contribution < 1.29 is 16.8 Å². The van der Waals surface area contributed by atoms with Crippen molar-refractivity contribution in [2.45, 2.75) is 10.6 Å². The maximum atomic E-state index is 11.4. The van der Waals surface area contributed by atoms with E-state index >= 15 is 0 Å². The molecule has 1 aromatic heterocycles. The summed E-state index contributed by atoms with van der Waals surface area (Å²) in [5.74, 6) is -0.0483. The van der Waals surface area contributed by atoms with E-state index in [4.69, 9.17) is 0 Å². The van der Waals surface area contributed by atoms with E-state index in [-0.39, 0.29) is 10.6 Å². The van der Waals surface area contributed by atoms with Crippen LogP contribution in [0.1, 0.15) is 5.56 Å². The molecular weight excluding hydrogens is 310 g/mol. The average Bonchev–Trinajstić information content (AvgIpc) is 2.37. The molecule has 0 bridgehead atoms. The van der Waals surface area contributed by atoms with Crippen molar-refractivity contribution in [2.24, 2.45) is 0 Å². The van der Waals surface area contributed by atoms with E-state index in [1.165, 1.54) is 24.6 Å². The molecule has 2 aromatic rings. The Kier molecular flexibility index (Phi) is 4.15. The smallest absolute Gasteiger partial charge is 0.175 e. The van der Waals surface area contributed by atoms with Gasteiger partial charge in [-0.3, -0.25) is 4.98 Å². The number of pyridine rings is 1. The summed E-state index contributed by atoms with van der Waals surface area (Å²) in [5.41, 5.74) is 2.05. The second-order valence-corrected chi connectivity index (χ2v) is 9.07. The topological polar surface area (TPSA) is 81.2 Å². The molecular formula is C14H15NO4S2. The second kappa shape index (κ2) is 5.57. The van der Waals surface area contributed by atoms with Crippen LogP contribution in [0.4, 0.5) is 0 Å². The molecule has 0 fully saturated rings. The van der Waals surface area contributed by atoms with E-state index in [2.05, 4.69) is 4.98 Å². The lowest BCUT2D eigenvalue weighted by atomic mass is 10.1. The van der Waals surface area contributed by atoms with Gasteiger partial charge in [-0.05, 0) is 23.8 Å². The van der Waals surface area contributed by atoms with Gasteiger partial charge in [0.05, 0.1) is 16.3 Å². The molecule has 0 aliphatic carbocycles. The van der Waals surface area contributed by atoms with Crippen molar-refractivity contribution >= 4 is 19.7 Å². The Morgan fingerprint density at radius 3 is 1.95 bits per heavy atom. The Labute approximate surface area is 124 Å². The van der Waals surface area contributed by atoms with Crippen LogP contribution in [0, 0.1) is 0 Å². The van der Waals surface area contributed by atoms with Gasteiger partial charge in [-0.15, -0.1) is 0 Å². The second-order valence-electron chi connectivity index (χ2n) is 4.92. The number of aromatic nitrogens is 1. The third kappa shape index (κ3) is 4.37. The fraction of sp³-hybridized carbons (Fsp3) is 0.214. The summed E-state index contributed by atoms with van der Waals surface area (Å²) in [5, 5.41) is 0. The molecule has 1 aromatic carbocycles. The lowest BCUT2D eigenvalue weighted by Gasteiger charge is -2.04. The van der Waals surface area contributed by atoms with Crippen molar-refractivity contribution in [1.82, 2.24) is 4.98 Å². The summed E-state index contributed by atoms with van der Waals surface area (Å²) >= 11 is 0. The van der Waals surface area contributed by atoms with Crippen LogP contribution in [0.15, 0.2) is 47.5 Å². The minimum atomic E-state index is -3.22. The summed E-state index contributed by atoms with van der Waals surface area (Å²) in [6.45, 7) is 0. The number of nitrogens with zero attached hydrogens (tertiary/aromatic N) is 1. The number of hydrogen-bond donors (Lipinski definition) is 0. The van der Waals surface area contributed by atoms with Crippen LogP contribution in [0.2, 0.25) is 0 Å². The molecule has 0 atom stereocenters. The van der Waals surface area contributed by atoms with Gasteiger partial charge in [0.25, 0.3) is 0 Å². The van der Waals surface area contributed by atoms with E-state index in [9.17, 15) is 16.8 Å². The van der Waals surface area contributed by atoms with E-state index in [0.717, 1.165) is 11.8 Å². The van der Waals surface area contributed by atoms with Crippen LogP contribution in [-0.4, -0.2) is 34.3 Å². The predicted octanol–water partition coefficient (Wildman–Crippen LogP) is 1.70. The van der Waals surface area contributed by atoms with E-state index in [1.807, 2.05) is 0 Å². The zero-order chi connectivity index (χ0) is 15.7. The minimum absolute atomic E-state index is 0.0483. The fourth-order valence-electron chi connectivity index (χ4n) is 1.86. The first kappa shape index (κ1) is 15.7. The molecule has 7 heteroatoms. The summed E-state index contributed by atoms with van der Waals surface area (Å²) in [6, 6.07) is 9.82. The van der Waals surface area contributed by atoms with Crippen LogP contribution in [0.5, 0.6) is 0 Å². The fourth-order valence-corrected chi connectivity index (χ4v) is 3.26. The molecule has 0 saturated carbocycles. The minimum Gasteiger partial charge on any atom is -0.256 e. The standard InChI is InChI=1S/C14H15NO4S2/c1-20(16,17)10-11-3-8-14(15-9-11)12-4-6-13(7-5-12)21(2,18)19/h3-9H,10H2,1-2H3. The van der Waals surface area contributed by atoms with Crippen LogP contribution in [-0.2, 0) is 25.4 Å². The van der Waals surface area contributed by atoms with Gasteiger partial charge in [-0.2, -0.15) is 0 Å². The summed E-state index contributed by atoms with van der Waals surface area (Å²) < 4.78 is 45.2. The summed E-state index contributed by atoms with van der Waals surface area (Å²) in [4.78, 5) is 4.46. The first-order valence-corrected chi connectivity index (χ1v) is 10.0. The molecule has 0 radical (unpaired) electrons. The lowest BCUT2D eigenvalue weighted by molar-refractivity contribution is 0.599. The van der Waals surface area contributed by atoms with Gasteiger partial charge in [-0.25, -0.2) is 16.8 Å². The molecule has 0 saturated heterocycles. The Hall–Kier alpha value is -1.73. The molecule has 2 rings (SSSR count). The highest BCUT2D eigenvalue weighted by atomic mass is 32.2. The monoisotopic (exact) mass is 325 g/mol. The maximum absolute atomic E-state index is 11.4. The van der Waals surface area contributed by atoms with Gasteiger partial charge < -0.3 is 0 Å². The first-order valence-electron chi connectivity index (χ1n) is 6.08. The van der Waals surface area contributed by atoms with Gasteiger partial charge >= 0.3 is 0 Å². The zero-order valence-electron chi connectivity index (χ0n) is 11.6. The van der Waals surface area contributed by atoms with Crippen molar-refractivity contribution in [1.29, 1.82) is 0 Å². The Morgan fingerprint density at radius 1 is 0.905 bits per heavy atom. The predicted molar refractivity (Wildman–Crippen MR) is 81.3 cm³/mol. The summed E-state index contributed by atoms with van der Waals surface area (Å²) in [7, 11) is -6.30. The molecule has 0 amide bonds. The van der Waals surface area contributed by atoms with Crippen molar-refractivity contribution in [3.05, 3.63) is 48.2 Å². The molecule has 0 spiro atoms. The molecule has 0 aliphatic rings. The third-order valence-electron chi connectivity index (χ3n) is 2.83. The number of sulfone groups is 2. The van der Waals surface area contributed by atoms with Crippen LogP contribution < -0.4 is 0 Å². The normalized spacial score (nSPS) is 12.3. The Morgan fingerprint density at radius 2 is 1.52 bits per heavy atom. The highest BCUT2D eigenvalue weighted by Gasteiger charge is 2.08. The molecule has 0 N–H and O–H groups in total. The molecule has 0 unspecified atom stereocenters. The van der Waals surface area contributed by atoms with Gasteiger partial charge in [-0.1, -0.05) is 18.2 Å². The van der Waals surface area contributed by atoms with E-state index < -0.39 is 19.7 Å². The molecule has 5 nitrogen and oxygen atoms in total. The van der Waals surface area contributed by atoms with Crippen molar-refractivity contribution in [2.75, 3.05) is 12.5 Å². The van der Waals surface area contributed by atoms with E-state index in [0.29, 0.717) is 11.3 Å². The van der Waals surface area contributed by atoms with Crippen molar-refractivity contribution in [3.63, 3.8) is 0 Å². The largest absolute Gasteiger partial charge is 0.256 e. The van der Waals surface area contributed by atoms with Crippen LogP contribution in [0.3, 0.4) is 0 Å². The summed E-state index contributed by atoms with van der Waals surface area (Å²) in [6.07, 6.45) is 3.84. The Bertz CT molecular complexity index is 837. The molecule has 21 heavy (non-hydrogen) atoms. The van der Waals surface area contributed by atoms with Crippen LogP contribution >= 0.6 is 0 Å². The SMILES string of the molecule is CS(=O)(=O)Cc1ccc(-c2ccc(S(C)(=O)=O)cc2)nc1. The molecule has 0 aliphatic heterocycles. The first-order chi connectivity index (χ1) is 9.65. The van der Waals surface area contributed by atoms with Crippen molar-refractivity contribution in [3.8, 4) is 11.3 Å². The quantitative estimate of drug-likeness (QED) is 0.854. The number of rotatable bonds is 4. The third-order valence-corrected chi connectivity index (χ3v) is 4.82. The number of hydrogen-bond acceptors (Lipinski definition) is 5. The highest BCUT2D eigenvalue weighted by Crippen LogP contribution is 2.20. The van der Waals surface area contributed by atoms with Gasteiger partial charge in [0.15, 0.2) is 19.7 Å².